The van der Waals surface area contributed by atoms with Crippen molar-refractivity contribution in [3.05, 3.63) is 24.3 Å². The van der Waals surface area contributed by atoms with Crippen molar-refractivity contribution in [1.82, 2.24) is 4.47 Å². The van der Waals surface area contributed by atoms with Crippen LogP contribution in [0.5, 0.6) is 0 Å². The molecule has 23 heavy (non-hydrogen) atoms. The molecule has 0 aliphatic carbocycles. The highest BCUT2D eigenvalue weighted by Gasteiger charge is 2.20. The molecule has 1 aromatic carbocycles. The highest BCUT2D eigenvalue weighted by molar-refractivity contribution is 7.89. The quantitative estimate of drug-likeness (QED) is 0.523. The van der Waals surface area contributed by atoms with Crippen molar-refractivity contribution in [3.8, 4) is 0 Å². The minimum atomic E-state index is -3.66. The van der Waals surface area contributed by atoms with E-state index in [0.29, 0.717) is 12.1 Å². The van der Waals surface area contributed by atoms with E-state index in [0.717, 1.165) is 23.7 Å². The number of carbonyl (C=O) groups excluding carboxylic acids is 1. The van der Waals surface area contributed by atoms with Crippen LogP contribution in [0.1, 0.15) is 45.4 Å². The lowest BCUT2D eigenvalue weighted by atomic mass is 10.1. The number of unbranched alkanes of at least 4 members (excludes halogenated alkanes) is 4. The summed E-state index contributed by atoms with van der Waals surface area (Å²) in [4.78, 5) is 16.6. The van der Waals surface area contributed by atoms with Gasteiger partial charge in [-0.3, -0.25) is 9.63 Å². The van der Waals surface area contributed by atoms with Crippen LogP contribution in [0.15, 0.2) is 29.2 Å². The molecule has 0 saturated heterocycles. The first kappa shape index (κ1) is 19.6. The van der Waals surface area contributed by atoms with Gasteiger partial charge in [-0.25, -0.2) is 8.42 Å². The summed E-state index contributed by atoms with van der Waals surface area (Å²) >= 11 is 0. The summed E-state index contributed by atoms with van der Waals surface area (Å²) in [6, 6.07) is 6.04. The molecule has 0 aliphatic rings. The fraction of sp³-hybridized carbons (Fsp3) is 0.562. The lowest BCUT2D eigenvalue weighted by Gasteiger charge is -2.14. The number of hydrogen-bond donors (Lipinski definition) is 1. The Morgan fingerprint density at radius 2 is 1.74 bits per heavy atom. The number of nitrogens with zero attached hydrogens (tertiary/aromatic N) is 1. The Morgan fingerprint density at radius 1 is 1.13 bits per heavy atom. The molecule has 0 heterocycles. The topological polar surface area (TPSA) is 75.7 Å². The molecule has 6 nitrogen and oxygen atoms in total. The Kier molecular flexibility index (Phi) is 8.22. The molecule has 0 spiro atoms. The van der Waals surface area contributed by atoms with Crippen molar-refractivity contribution in [2.24, 2.45) is 0 Å². The molecule has 0 aromatic heterocycles. The molecule has 1 N–H and O–H groups in total. The van der Waals surface area contributed by atoms with Crippen LogP contribution in [0.3, 0.4) is 0 Å². The maximum Gasteiger partial charge on any atom is 0.264 e. The van der Waals surface area contributed by atoms with E-state index in [1.165, 1.54) is 39.1 Å². The summed E-state index contributed by atoms with van der Waals surface area (Å²) in [6.45, 7) is 2.15. The second-order valence-corrected chi connectivity index (χ2v) is 7.27. The van der Waals surface area contributed by atoms with Gasteiger partial charge in [-0.2, -0.15) is 0 Å². The number of anilines is 1. The van der Waals surface area contributed by atoms with Crippen LogP contribution in [0, 0.1) is 0 Å². The maximum absolute atomic E-state index is 12.0. The smallest absolute Gasteiger partial charge is 0.264 e. The van der Waals surface area contributed by atoms with Crippen molar-refractivity contribution < 1.29 is 18.0 Å². The standard InChI is InChI=1S/C16H26N2O4S/c1-4-5-6-7-8-9-16(19)17-14-10-12-15(13-11-14)23(20,21)18(2)22-3/h10-13H,4-9H2,1-3H3,(H,17,19). The predicted molar refractivity (Wildman–Crippen MR) is 90.4 cm³/mol. The van der Waals surface area contributed by atoms with Gasteiger partial charge in [0.2, 0.25) is 5.91 Å². The average Bonchev–Trinajstić information content (AvgIpc) is 2.54. The fourth-order valence-corrected chi connectivity index (χ4v) is 3.04. The summed E-state index contributed by atoms with van der Waals surface area (Å²) < 4.78 is 24.9. The van der Waals surface area contributed by atoms with Crippen LogP contribution < -0.4 is 5.32 Å². The number of hydrogen-bond acceptors (Lipinski definition) is 4. The number of amides is 1. The van der Waals surface area contributed by atoms with Gasteiger partial charge in [0.25, 0.3) is 10.0 Å². The number of benzene rings is 1. The van der Waals surface area contributed by atoms with E-state index in [9.17, 15) is 13.2 Å². The van der Waals surface area contributed by atoms with Gasteiger partial charge in [-0.1, -0.05) is 37.1 Å². The van der Waals surface area contributed by atoms with Crippen molar-refractivity contribution in [2.45, 2.75) is 50.3 Å². The van der Waals surface area contributed by atoms with Crippen LogP contribution in [-0.2, 0) is 19.7 Å². The fourth-order valence-electron chi connectivity index (χ4n) is 2.07. The average molecular weight is 342 g/mol. The second-order valence-electron chi connectivity index (χ2n) is 5.33. The zero-order valence-electron chi connectivity index (χ0n) is 14.0. The monoisotopic (exact) mass is 342 g/mol. The minimum absolute atomic E-state index is 0.0499. The molecule has 1 rings (SSSR count). The predicted octanol–water partition coefficient (Wildman–Crippen LogP) is 3.17. The van der Waals surface area contributed by atoms with Gasteiger partial charge in [0.05, 0.1) is 12.0 Å². The second kappa shape index (κ2) is 9.64. The first-order valence-corrected chi connectivity index (χ1v) is 9.28. The number of hydroxylamine groups is 1. The first-order chi connectivity index (χ1) is 10.9. The van der Waals surface area contributed by atoms with Crippen LogP contribution in [0.25, 0.3) is 0 Å². The van der Waals surface area contributed by atoms with Crippen LogP contribution in [0.4, 0.5) is 5.69 Å². The van der Waals surface area contributed by atoms with Crippen molar-refractivity contribution in [2.75, 3.05) is 19.5 Å². The largest absolute Gasteiger partial charge is 0.326 e. The van der Waals surface area contributed by atoms with Crippen molar-refractivity contribution in [1.29, 1.82) is 0 Å². The number of rotatable bonds is 10. The zero-order valence-corrected chi connectivity index (χ0v) is 14.9. The molecule has 0 radical (unpaired) electrons. The van der Waals surface area contributed by atoms with E-state index in [2.05, 4.69) is 12.2 Å². The molecule has 0 saturated carbocycles. The molecule has 130 valence electrons. The van der Waals surface area contributed by atoms with Gasteiger partial charge in [0.1, 0.15) is 0 Å². The first-order valence-electron chi connectivity index (χ1n) is 7.84. The van der Waals surface area contributed by atoms with Crippen molar-refractivity contribution >= 4 is 21.6 Å². The molecule has 1 amide bonds. The number of sulfonamides is 1. The van der Waals surface area contributed by atoms with Gasteiger partial charge in [-0.15, -0.1) is 0 Å². The normalized spacial score (nSPS) is 11.7. The van der Waals surface area contributed by atoms with Gasteiger partial charge in [0.15, 0.2) is 0 Å². The van der Waals surface area contributed by atoms with E-state index in [4.69, 9.17) is 4.84 Å². The lowest BCUT2D eigenvalue weighted by molar-refractivity contribution is -0.116. The SMILES string of the molecule is CCCCCCCC(=O)Nc1ccc(S(=O)(=O)N(C)OC)cc1. The van der Waals surface area contributed by atoms with Crippen LogP contribution in [-0.4, -0.2) is 33.0 Å². The Bertz CT molecular complexity index is 585. The summed E-state index contributed by atoms with van der Waals surface area (Å²) in [7, 11) is -1.05. The van der Waals surface area contributed by atoms with Gasteiger partial charge < -0.3 is 5.32 Å². The van der Waals surface area contributed by atoms with Gasteiger partial charge in [0, 0.05) is 19.2 Å². The molecule has 1 aromatic rings. The number of carbonyl (C=O) groups is 1. The van der Waals surface area contributed by atoms with Crippen LogP contribution in [0.2, 0.25) is 0 Å². The summed E-state index contributed by atoms with van der Waals surface area (Å²) in [5.74, 6) is -0.0499. The van der Waals surface area contributed by atoms with E-state index < -0.39 is 10.0 Å². The molecule has 0 aliphatic heterocycles. The van der Waals surface area contributed by atoms with E-state index in [1.807, 2.05) is 0 Å². The van der Waals surface area contributed by atoms with Crippen LogP contribution >= 0.6 is 0 Å². The molecular weight excluding hydrogens is 316 g/mol. The highest BCUT2D eigenvalue weighted by atomic mass is 32.2. The molecule has 7 heteroatoms. The van der Waals surface area contributed by atoms with E-state index in [1.54, 1.807) is 12.1 Å². The molecule has 0 bridgehead atoms. The number of nitrogens with one attached hydrogen (secondary N) is 1. The van der Waals surface area contributed by atoms with Crippen molar-refractivity contribution in [3.63, 3.8) is 0 Å². The lowest BCUT2D eigenvalue weighted by Crippen LogP contribution is -2.25. The molecule has 0 atom stereocenters. The third-order valence-electron chi connectivity index (χ3n) is 3.54. The maximum atomic E-state index is 12.0. The summed E-state index contributed by atoms with van der Waals surface area (Å²) in [6.07, 6.45) is 5.95. The molecule has 0 fully saturated rings. The Hall–Kier alpha value is -1.44. The van der Waals surface area contributed by atoms with Gasteiger partial charge in [-0.05, 0) is 30.7 Å². The Labute approximate surface area is 138 Å². The molecular formula is C16H26N2O4S. The van der Waals surface area contributed by atoms with E-state index >= 15 is 0 Å². The highest BCUT2D eigenvalue weighted by Crippen LogP contribution is 2.18. The Morgan fingerprint density at radius 3 is 2.30 bits per heavy atom. The summed E-state index contributed by atoms with van der Waals surface area (Å²) in [5.41, 5.74) is 0.586. The zero-order chi connectivity index (χ0) is 17.3. The third-order valence-corrected chi connectivity index (χ3v) is 5.23. The summed E-state index contributed by atoms with van der Waals surface area (Å²) in [5, 5.41) is 2.78. The minimum Gasteiger partial charge on any atom is -0.326 e. The third kappa shape index (κ3) is 6.29. The Balaban J connectivity index is 2.52. The van der Waals surface area contributed by atoms with E-state index in [-0.39, 0.29) is 10.8 Å². The molecule has 0 unspecified atom stereocenters. The van der Waals surface area contributed by atoms with Gasteiger partial charge >= 0.3 is 0 Å².